The monoisotopic (exact) mass is 363 g/mol. The highest BCUT2D eigenvalue weighted by Gasteiger charge is 2.33. The summed E-state index contributed by atoms with van der Waals surface area (Å²) in [4.78, 5) is 10.4. The van der Waals surface area contributed by atoms with Crippen molar-refractivity contribution in [2.45, 2.75) is 25.5 Å². The molecule has 8 heteroatoms. The van der Waals surface area contributed by atoms with Crippen LogP contribution in [0.5, 0.6) is 5.75 Å². The first-order valence-electron chi connectivity index (χ1n) is 8.05. The number of nitrogens with two attached hydrogens (primary N) is 1. The molecule has 2 aromatic rings. The number of rotatable bonds is 5. The lowest BCUT2D eigenvalue weighted by atomic mass is 10.1. The second-order valence-corrected chi connectivity index (χ2v) is 6.79. The maximum Gasteiger partial charge on any atom is 0.226 e. The van der Waals surface area contributed by atoms with Crippen molar-refractivity contribution >= 4 is 28.9 Å². The number of nitrogens with zero attached hydrogens (tertiary/aromatic N) is 3. The third-order valence-electron chi connectivity index (χ3n) is 4.27. The molecular weight excluding hydrogens is 342 g/mol. The van der Waals surface area contributed by atoms with Crippen LogP contribution in [0.1, 0.15) is 18.9 Å². The zero-order valence-electron chi connectivity index (χ0n) is 14.3. The quantitative estimate of drug-likeness (QED) is 0.701. The topological polar surface area (TPSA) is 96.5 Å². The normalized spacial score (nSPS) is 19.9. The molecule has 1 unspecified atom stereocenters. The molecule has 134 valence electrons. The standard InChI is InChI=1S/C17H22ClN5O2/c1-17(24)7-8-23(10-17)15-13(19)14(21-16(18)22-15)20-9-11-3-5-12(25-2)6-4-11/h3-6,24H,7-10,19H2,1-2H3,(H,20,21,22). The molecule has 4 N–H and O–H groups in total. The summed E-state index contributed by atoms with van der Waals surface area (Å²) >= 11 is 6.07. The second-order valence-electron chi connectivity index (χ2n) is 6.45. The summed E-state index contributed by atoms with van der Waals surface area (Å²) in [7, 11) is 1.63. The van der Waals surface area contributed by atoms with Crippen LogP contribution in [0.15, 0.2) is 24.3 Å². The molecule has 0 saturated carbocycles. The maximum absolute atomic E-state index is 10.2. The molecule has 0 bridgehead atoms. The van der Waals surface area contributed by atoms with Gasteiger partial charge >= 0.3 is 0 Å². The molecule has 0 amide bonds. The van der Waals surface area contributed by atoms with Crippen molar-refractivity contribution in [3.63, 3.8) is 0 Å². The van der Waals surface area contributed by atoms with Crippen molar-refractivity contribution in [3.05, 3.63) is 35.1 Å². The van der Waals surface area contributed by atoms with Crippen LogP contribution in [0.25, 0.3) is 0 Å². The lowest BCUT2D eigenvalue weighted by molar-refractivity contribution is 0.0839. The first-order chi connectivity index (χ1) is 11.9. The van der Waals surface area contributed by atoms with Crippen LogP contribution < -0.4 is 20.7 Å². The van der Waals surface area contributed by atoms with Gasteiger partial charge in [-0.3, -0.25) is 0 Å². The summed E-state index contributed by atoms with van der Waals surface area (Å²) in [5.41, 5.74) is 6.97. The van der Waals surface area contributed by atoms with Crippen molar-refractivity contribution in [1.29, 1.82) is 0 Å². The molecule has 1 aromatic carbocycles. The molecule has 1 saturated heterocycles. The summed E-state index contributed by atoms with van der Waals surface area (Å²) in [6, 6.07) is 7.71. The number of hydrogen-bond acceptors (Lipinski definition) is 7. The van der Waals surface area contributed by atoms with Gasteiger partial charge in [-0.05, 0) is 42.6 Å². The van der Waals surface area contributed by atoms with E-state index in [0.29, 0.717) is 43.4 Å². The molecule has 1 aliphatic heterocycles. The van der Waals surface area contributed by atoms with E-state index in [4.69, 9.17) is 22.1 Å². The maximum atomic E-state index is 10.2. The van der Waals surface area contributed by atoms with E-state index >= 15 is 0 Å². The van der Waals surface area contributed by atoms with Crippen LogP contribution >= 0.6 is 11.6 Å². The molecule has 25 heavy (non-hydrogen) atoms. The first kappa shape index (κ1) is 17.6. The number of hydrogen-bond donors (Lipinski definition) is 3. The highest BCUT2D eigenvalue weighted by molar-refractivity contribution is 6.28. The lowest BCUT2D eigenvalue weighted by Gasteiger charge is -2.22. The fraction of sp³-hybridized carbons (Fsp3) is 0.412. The van der Waals surface area contributed by atoms with Crippen LogP contribution in [-0.4, -0.2) is 40.9 Å². The fourth-order valence-electron chi connectivity index (χ4n) is 2.86. The smallest absolute Gasteiger partial charge is 0.226 e. The molecule has 1 aromatic heterocycles. The number of β-amino-alcohol motifs (C(OH)–C–C–N with tert-alkyl or cyclic N) is 1. The van der Waals surface area contributed by atoms with E-state index < -0.39 is 5.60 Å². The minimum atomic E-state index is -0.749. The molecular formula is C17H22ClN5O2. The Balaban J connectivity index is 1.77. The van der Waals surface area contributed by atoms with Crippen LogP contribution in [-0.2, 0) is 6.54 Å². The summed E-state index contributed by atoms with van der Waals surface area (Å²) in [5.74, 6) is 1.84. The Morgan fingerprint density at radius 1 is 1.36 bits per heavy atom. The van der Waals surface area contributed by atoms with E-state index in [1.165, 1.54) is 0 Å². The molecule has 0 spiro atoms. The highest BCUT2D eigenvalue weighted by Crippen LogP contribution is 2.33. The molecule has 0 aliphatic carbocycles. The zero-order valence-corrected chi connectivity index (χ0v) is 15.0. The second kappa shape index (κ2) is 6.93. The summed E-state index contributed by atoms with van der Waals surface area (Å²) < 4.78 is 5.15. The van der Waals surface area contributed by atoms with Crippen LogP contribution in [0.2, 0.25) is 5.28 Å². The number of aromatic nitrogens is 2. The van der Waals surface area contributed by atoms with E-state index in [9.17, 15) is 5.11 Å². The van der Waals surface area contributed by atoms with E-state index in [2.05, 4.69) is 15.3 Å². The number of anilines is 3. The van der Waals surface area contributed by atoms with Crippen molar-refractivity contribution in [2.24, 2.45) is 0 Å². The van der Waals surface area contributed by atoms with Gasteiger partial charge in [-0.1, -0.05) is 12.1 Å². The number of ether oxygens (including phenoxy) is 1. The Morgan fingerprint density at radius 3 is 2.68 bits per heavy atom. The van der Waals surface area contributed by atoms with Crippen LogP contribution in [0, 0.1) is 0 Å². The Hall–Kier alpha value is -2.25. The van der Waals surface area contributed by atoms with Gasteiger partial charge in [0, 0.05) is 19.6 Å². The summed E-state index contributed by atoms with van der Waals surface area (Å²) in [6.45, 7) is 3.47. The molecule has 3 rings (SSSR count). The number of nitrogen functional groups attached to an aromatic ring is 1. The van der Waals surface area contributed by atoms with E-state index in [-0.39, 0.29) is 5.28 Å². The number of nitrogens with one attached hydrogen (secondary N) is 1. The third kappa shape index (κ3) is 4.05. The van der Waals surface area contributed by atoms with E-state index in [0.717, 1.165) is 11.3 Å². The van der Waals surface area contributed by atoms with Gasteiger partial charge in [0.15, 0.2) is 11.6 Å². The number of halogens is 1. The lowest BCUT2D eigenvalue weighted by Crippen LogP contribution is -2.30. The van der Waals surface area contributed by atoms with Crippen LogP contribution in [0.4, 0.5) is 17.3 Å². The van der Waals surface area contributed by atoms with Gasteiger partial charge in [-0.2, -0.15) is 9.97 Å². The molecule has 0 radical (unpaired) electrons. The fourth-order valence-corrected chi connectivity index (χ4v) is 3.03. The summed E-state index contributed by atoms with van der Waals surface area (Å²) in [6.07, 6.45) is 0.655. The van der Waals surface area contributed by atoms with Crippen molar-refractivity contribution < 1.29 is 9.84 Å². The predicted molar refractivity (Wildman–Crippen MR) is 99.2 cm³/mol. The van der Waals surface area contributed by atoms with Gasteiger partial charge < -0.3 is 25.8 Å². The highest BCUT2D eigenvalue weighted by atomic mass is 35.5. The van der Waals surface area contributed by atoms with E-state index in [1.807, 2.05) is 29.2 Å². The predicted octanol–water partition coefficient (Wildman–Crippen LogP) is 2.29. The molecule has 1 aliphatic rings. The van der Waals surface area contributed by atoms with Crippen molar-refractivity contribution in [2.75, 3.05) is 36.1 Å². The third-order valence-corrected chi connectivity index (χ3v) is 4.44. The Labute approximate surface area is 151 Å². The minimum Gasteiger partial charge on any atom is -0.497 e. The molecule has 1 atom stereocenters. The first-order valence-corrected chi connectivity index (χ1v) is 8.43. The van der Waals surface area contributed by atoms with Crippen molar-refractivity contribution in [1.82, 2.24) is 9.97 Å². The van der Waals surface area contributed by atoms with Gasteiger partial charge in [0.2, 0.25) is 5.28 Å². The largest absolute Gasteiger partial charge is 0.497 e. The Bertz CT molecular complexity index is 751. The summed E-state index contributed by atoms with van der Waals surface area (Å²) in [5, 5.41) is 13.5. The van der Waals surface area contributed by atoms with Gasteiger partial charge in [0.25, 0.3) is 0 Å². The average molecular weight is 364 g/mol. The molecule has 7 nitrogen and oxygen atoms in total. The zero-order chi connectivity index (χ0) is 18.0. The number of aliphatic hydroxyl groups is 1. The number of methoxy groups -OCH3 is 1. The van der Waals surface area contributed by atoms with Gasteiger partial charge in [0.1, 0.15) is 11.4 Å². The van der Waals surface area contributed by atoms with Gasteiger partial charge in [0.05, 0.1) is 12.7 Å². The van der Waals surface area contributed by atoms with Crippen molar-refractivity contribution in [3.8, 4) is 5.75 Å². The molecule has 2 heterocycles. The molecule has 1 fully saturated rings. The Kier molecular flexibility index (Phi) is 4.87. The van der Waals surface area contributed by atoms with E-state index in [1.54, 1.807) is 14.0 Å². The minimum absolute atomic E-state index is 0.118. The Morgan fingerprint density at radius 2 is 2.08 bits per heavy atom. The number of benzene rings is 1. The van der Waals surface area contributed by atoms with Gasteiger partial charge in [-0.15, -0.1) is 0 Å². The SMILES string of the molecule is COc1ccc(CNc2nc(Cl)nc(N3CCC(C)(O)C3)c2N)cc1. The van der Waals surface area contributed by atoms with Gasteiger partial charge in [-0.25, -0.2) is 0 Å². The van der Waals surface area contributed by atoms with Crippen LogP contribution in [0.3, 0.4) is 0 Å². The average Bonchev–Trinajstić information content (AvgIpc) is 2.95.